The molecule has 1 aromatic carbocycles. The molecule has 0 aromatic heterocycles. The molecule has 0 radical (unpaired) electrons. The molecule has 1 aromatic rings. The van der Waals surface area contributed by atoms with E-state index in [9.17, 15) is 9.59 Å². The number of nitrogens with zero attached hydrogens (tertiary/aromatic N) is 2. The second-order valence-corrected chi connectivity index (χ2v) is 6.01. The number of carbonyl (C=O) groups is 2. The number of hydrogen-bond acceptors (Lipinski definition) is 2. The summed E-state index contributed by atoms with van der Waals surface area (Å²) in [6, 6.07) is 7.36. The Morgan fingerprint density at radius 3 is 2.05 bits per heavy atom. The molecule has 0 bridgehead atoms. The van der Waals surface area contributed by atoms with Gasteiger partial charge in [0.1, 0.15) is 6.54 Å². The van der Waals surface area contributed by atoms with E-state index in [-0.39, 0.29) is 12.6 Å². The predicted molar refractivity (Wildman–Crippen MR) is 83.7 cm³/mol. The van der Waals surface area contributed by atoms with Crippen LogP contribution in [0.2, 0.25) is 0 Å². The molecule has 2 amide bonds. The highest BCUT2D eigenvalue weighted by Crippen LogP contribution is 2.20. The van der Waals surface area contributed by atoms with Crippen molar-refractivity contribution in [3.05, 3.63) is 29.8 Å². The number of anilines is 1. The SMILES string of the molecule is CCc1ccc(N(C)C(=O)N(CC(=O)O)C(C)(C)C)cc1. The molecule has 0 heterocycles. The van der Waals surface area contributed by atoms with Gasteiger partial charge in [-0.3, -0.25) is 9.69 Å². The van der Waals surface area contributed by atoms with E-state index in [1.54, 1.807) is 7.05 Å². The summed E-state index contributed by atoms with van der Waals surface area (Å²) in [6.45, 7) is 7.21. The molecule has 21 heavy (non-hydrogen) atoms. The molecule has 5 nitrogen and oxygen atoms in total. The summed E-state index contributed by atoms with van der Waals surface area (Å²) in [5.41, 5.74) is 1.38. The smallest absolute Gasteiger partial charge is 0.325 e. The molecule has 0 unspecified atom stereocenters. The van der Waals surface area contributed by atoms with E-state index >= 15 is 0 Å². The second-order valence-electron chi connectivity index (χ2n) is 6.01. The fourth-order valence-electron chi connectivity index (χ4n) is 1.97. The van der Waals surface area contributed by atoms with E-state index in [1.807, 2.05) is 45.0 Å². The van der Waals surface area contributed by atoms with Crippen LogP contribution in [0.4, 0.5) is 10.5 Å². The van der Waals surface area contributed by atoms with Crippen molar-refractivity contribution in [2.45, 2.75) is 39.7 Å². The molecular formula is C16H24N2O3. The summed E-state index contributed by atoms with van der Waals surface area (Å²) in [4.78, 5) is 26.4. The highest BCUT2D eigenvalue weighted by atomic mass is 16.4. The minimum atomic E-state index is -1.02. The topological polar surface area (TPSA) is 60.9 Å². The molecule has 0 atom stereocenters. The number of aryl methyl sites for hydroxylation is 1. The molecule has 1 N–H and O–H groups in total. The van der Waals surface area contributed by atoms with Gasteiger partial charge in [0.05, 0.1) is 0 Å². The van der Waals surface area contributed by atoms with Crippen molar-refractivity contribution in [2.24, 2.45) is 0 Å². The predicted octanol–water partition coefficient (Wildman–Crippen LogP) is 2.99. The van der Waals surface area contributed by atoms with Crippen molar-refractivity contribution in [3.63, 3.8) is 0 Å². The lowest BCUT2D eigenvalue weighted by atomic mass is 10.1. The molecule has 0 aliphatic heterocycles. The van der Waals surface area contributed by atoms with Crippen LogP contribution < -0.4 is 4.90 Å². The van der Waals surface area contributed by atoms with Crippen LogP contribution >= 0.6 is 0 Å². The lowest BCUT2D eigenvalue weighted by Crippen LogP contribution is -2.53. The van der Waals surface area contributed by atoms with Crippen LogP contribution in [0.5, 0.6) is 0 Å². The van der Waals surface area contributed by atoms with Crippen molar-refractivity contribution in [1.29, 1.82) is 0 Å². The Hall–Kier alpha value is -2.04. The third kappa shape index (κ3) is 4.48. The zero-order valence-electron chi connectivity index (χ0n) is 13.4. The van der Waals surface area contributed by atoms with Crippen molar-refractivity contribution >= 4 is 17.7 Å². The van der Waals surface area contributed by atoms with Gasteiger partial charge in [-0.1, -0.05) is 19.1 Å². The number of amides is 2. The first-order valence-corrected chi connectivity index (χ1v) is 7.03. The fourth-order valence-corrected chi connectivity index (χ4v) is 1.97. The Kier molecular flexibility index (Phi) is 5.35. The quantitative estimate of drug-likeness (QED) is 0.928. The molecule has 1 rings (SSSR count). The Labute approximate surface area is 126 Å². The minimum Gasteiger partial charge on any atom is -0.480 e. The first-order chi connectivity index (χ1) is 9.66. The van der Waals surface area contributed by atoms with Crippen molar-refractivity contribution < 1.29 is 14.7 Å². The van der Waals surface area contributed by atoms with Crippen molar-refractivity contribution in [3.8, 4) is 0 Å². The standard InChI is InChI=1S/C16H24N2O3/c1-6-12-7-9-13(10-8-12)17(5)15(21)18(11-14(19)20)16(2,3)4/h7-10H,6,11H2,1-5H3,(H,19,20). The number of benzene rings is 1. The van der Waals surface area contributed by atoms with E-state index in [0.29, 0.717) is 0 Å². The summed E-state index contributed by atoms with van der Waals surface area (Å²) in [5, 5.41) is 9.00. The molecule has 116 valence electrons. The molecule has 0 spiro atoms. The van der Waals surface area contributed by atoms with E-state index < -0.39 is 11.5 Å². The number of aliphatic carboxylic acids is 1. The number of rotatable bonds is 4. The van der Waals surface area contributed by atoms with Crippen LogP contribution in [0.3, 0.4) is 0 Å². The number of carboxylic acids is 1. The maximum atomic E-state index is 12.6. The van der Waals surface area contributed by atoms with Gasteiger partial charge in [-0.15, -0.1) is 0 Å². The van der Waals surface area contributed by atoms with E-state index in [1.165, 1.54) is 15.4 Å². The maximum absolute atomic E-state index is 12.6. The summed E-state index contributed by atoms with van der Waals surface area (Å²) < 4.78 is 0. The molecule has 0 fully saturated rings. The molecular weight excluding hydrogens is 268 g/mol. The Bertz CT molecular complexity index is 503. The summed E-state index contributed by atoms with van der Waals surface area (Å²) in [6.07, 6.45) is 0.936. The second kappa shape index (κ2) is 6.61. The van der Waals surface area contributed by atoms with Gasteiger partial charge in [0, 0.05) is 18.3 Å². The molecule has 0 saturated heterocycles. The molecule has 0 aliphatic rings. The Morgan fingerprint density at radius 1 is 1.14 bits per heavy atom. The highest BCUT2D eigenvalue weighted by molar-refractivity contribution is 5.93. The lowest BCUT2D eigenvalue weighted by Gasteiger charge is -2.37. The number of carboxylic acid groups (broad SMARTS) is 1. The summed E-state index contributed by atoms with van der Waals surface area (Å²) in [5.74, 6) is -1.02. The van der Waals surface area contributed by atoms with Crippen molar-refractivity contribution in [2.75, 3.05) is 18.5 Å². The number of hydrogen-bond donors (Lipinski definition) is 1. The van der Waals surface area contributed by atoms with Gasteiger partial charge in [-0.25, -0.2) is 4.79 Å². The Morgan fingerprint density at radius 2 is 1.67 bits per heavy atom. The zero-order chi connectivity index (χ0) is 16.2. The average molecular weight is 292 g/mol. The van der Waals surface area contributed by atoms with Crippen LogP contribution in [0.25, 0.3) is 0 Å². The third-order valence-corrected chi connectivity index (χ3v) is 3.35. The van der Waals surface area contributed by atoms with Crippen LogP contribution in [0.1, 0.15) is 33.3 Å². The van der Waals surface area contributed by atoms with Gasteiger partial charge in [0.15, 0.2) is 0 Å². The van der Waals surface area contributed by atoms with Gasteiger partial charge < -0.3 is 10.0 Å². The van der Waals surface area contributed by atoms with Crippen LogP contribution in [-0.2, 0) is 11.2 Å². The number of carbonyl (C=O) groups excluding carboxylic acids is 1. The molecule has 0 saturated carbocycles. The van der Waals surface area contributed by atoms with Crippen LogP contribution in [-0.4, -0.2) is 41.1 Å². The normalized spacial score (nSPS) is 11.1. The lowest BCUT2D eigenvalue weighted by molar-refractivity contribution is -0.138. The van der Waals surface area contributed by atoms with E-state index in [0.717, 1.165) is 12.1 Å². The zero-order valence-corrected chi connectivity index (χ0v) is 13.4. The van der Waals surface area contributed by atoms with Gasteiger partial charge in [0.25, 0.3) is 0 Å². The molecule has 5 heteroatoms. The first-order valence-electron chi connectivity index (χ1n) is 7.03. The Balaban J connectivity index is 2.98. The fraction of sp³-hybridized carbons (Fsp3) is 0.500. The van der Waals surface area contributed by atoms with Gasteiger partial charge in [0.2, 0.25) is 0 Å². The maximum Gasteiger partial charge on any atom is 0.325 e. The van der Waals surface area contributed by atoms with Crippen molar-refractivity contribution in [1.82, 2.24) is 4.90 Å². The van der Waals surface area contributed by atoms with Crippen LogP contribution in [0.15, 0.2) is 24.3 Å². The van der Waals surface area contributed by atoms with Gasteiger partial charge in [-0.05, 0) is 44.9 Å². The van der Waals surface area contributed by atoms with E-state index in [4.69, 9.17) is 5.11 Å². The highest BCUT2D eigenvalue weighted by Gasteiger charge is 2.31. The molecule has 0 aliphatic carbocycles. The summed E-state index contributed by atoms with van der Waals surface area (Å²) >= 11 is 0. The average Bonchev–Trinajstić information content (AvgIpc) is 2.42. The van der Waals surface area contributed by atoms with E-state index in [2.05, 4.69) is 6.92 Å². The third-order valence-electron chi connectivity index (χ3n) is 3.35. The largest absolute Gasteiger partial charge is 0.480 e. The minimum absolute atomic E-state index is 0.320. The first kappa shape index (κ1) is 17.0. The summed E-state index contributed by atoms with van der Waals surface area (Å²) in [7, 11) is 1.66. The monoisotopic (exact) mass is 292 g/mol. The van der Waals surface area contributed by atoms with Crippen LogP contribution in [0, 0.1) is 0 Å². The van der Waals surface area contributed by atoms with Gasteiger partial charge >= 0.3 is 12.0 Å². The van der Waals surface area contributed by atoms with Gasteiger partial charge in [-0.2, -0.15) is 0 Å². The number of urea groups is 1.